The number of imide groups is 1. The Kier molecular flexibility index (Phi) is 12.5. The molecular formula is C47H67NO10. The molecule has 4 unspecified atom stereocenters. The van der Waals surface area contributed by atoms with Gasteiger partial charge >= 0.3 is 17.9 Å². The first-order valence-corrected chi connectivity index (χ1v) is 22.3. The molecule has 0 bridgehead atoms. The summed E-state index contributed by atoms with van der Waals surface area (Å²) in [4.78, 5) is 66.4. The summed E-state index contributed by atoms with van der Waals surface area (Å²) in [5.41, 5.74) is 1.02. The number of ether oxygens (including phenoxy) is 5. The zero-order valence-electron chi connectivity index (χ0n) is 36.0. The van der Waals surface area contributed by atoms with Gasteiger partial charge in [-0.3, -0.25) is 28.9 Å². The van der Waals surface area contributed by atoms with Crippen LogP contribution in [0.1, 0.15) is 153 Å². The number of hydrogen-bond donors (Lipinski definition) is 0. The number of carbonyl (C=O) groups is 5. The molecule has 11 heteroatoms. The third kappa shape index (κ3) is 8.00. The first kappa shape index (κ1) is 42.8. The van der Waals surface area contributed by atoms with Crippen LogP contribution in [-0.4, -0.2) is 78.0 Å². The van der Waals surface area contributed by atoms with Crippen molar-refractivity contribution in [3.8, 4) is 0 Å². The van der Waals surface area contributed by atoms with E-state index in [9.17, 15) is 24.0 Å². The van der Waals surface area contributed by atoms with Crippen LogP contribution < -0.4 is 0 Å². The number of esters is 3. The number of benzene rings is 1. The fourth-order valence-corrected chi connectivity index (χ4v) is 13.3. The molecule has 0 radical (unpaired) electrons. The van der Waals surface area contributed by atoms with Gasteiger partial charge in [0.2, 0.25) is 0 Å². The Morgan fingerprint density at radius 2 is 1.43 bits per heavy atom. The van der Waals surface area contributed by atoms with E-state index in [1.165, 1.54) is 72.1 Å². The molecule has 7 rings (SSSR count). The van der Waals surface area contributed by atoms with E-state index < -0.39 is 60.4 Å². The summed E-state index contributed by atoms with van der Waals surface area (Å²) in [6.07, 6.45) is 8.90. The highest BCUT2D eigenvalue weighted by atomic mass is 16.7. The lowest BCUT2D eigenvalue weighted by atomic mass is 9.44. The van der Waals surface area contributed by atoms with Gasteiger partial charge in [-0.1, -0.05) is 66.0 Å². The molecule has 2 amide bonds. The Labute approximate surface area is 344 Å². The Morgan fingerprint density at radius 1 is 0.793 bits per heavy atom. The van der Waals surface area contributed by atoms with Gasteiger partial charge in [0.15, 0.2) is 18.5 Å². The van der Waals surface area contributed by atoms with Crippen LogP contribution in [0.15, 0.2) is 24.3 Å². The van der Waals surface area contributed by atoms with Gasteiger partial charge in [-0.05, 0) is 122 Å². The number of carbonyl (C=O) groups excluding carboxylic acids is 5. The average molecular weight is 806 g/mol. The first-order chi connectivity index (χ1) is 27.5. The second-order valence-corrected chi connectivity index (χ2v) is 19.7. The van der Waals surface area contributed by atoms with Crippen LogP contribution in [0.2, 0.25) is 0 Å². The van der Waals surface area contributed by atoms with Crippen molar-refractivity contribution in [2.24, 2.45) is 52.3 Å². The van der Waals surface area contributed by atoms with E-state index in [2.05, 4.69) is 34.6 Å². The maximum absolute atomic E-state index is 14.1. The van der Waals surface area contributed by atoms with Gasteiger partial charge in [-0.15, -0.1) is 0 Å². The largest absolute Gasteiger partial charge is 0.463 e. The molecule has 1 aromatic carbocycles. The quantitative estimate of drug-likeness (QED) is 0.0879. The lowest BCUT2D eigenvalue weighted by Gasteiger charge is -2.61. The first-order valence-electron chi connectivity index (χ1n) is 22.3. The molecule has 14 atom stereocenters. The molecule has 2 heterocycles. The van der Waals surface area contributed by atoms with E-state index in [1.54, 1.807) is 24.3 Å². The molecule has 58 heavy (non-hydrogen) atoms. The Balaban J connectivity index is 1.12. The highest BCUT2D eigenvalue weighted by Gasteiger charge is 2.62. The lowest BCUT2D eigenvalue weighted by molar-refractivity contribution is -0.301. The fraction of sp³-hybridized carbons (Fsp3) is 0.766. The van der Waals surface area contributed by atoms with Gasteiger partial charge < -0.3 is 23.7 Å². The summed E-state index contributed by atoms with van der Waals surface area (Å²) in [5.74, 6) is 1.82. The zero-order valence-corrected chi connectivity index (χ0v) is 36.0. The standard InChI is InChI=1S/C47H67NO10/c1-26(2)12-11-13-27(3)36-18-19-37-35-17-16-31-24-32(20-22-46(31,7)38(35)21-23-47(36,37)8)57-45-40(48-43(52)33-14-9-10-15-34(33)44(48)53)42(56-30(6)51)41(55-29(5)50)39(58-45)25-54-28(4)49/h9-10,14-15,26-27,31-32,35-42,45H,11-13,16-25H2,1-8H3/t27-,31?,32+,35?,36-,37?,38?,39-,40-,41-,42-,45-,46+,47-/m1/s1. The summed E-state index contributed by atoms with van der Waals surface area (Å²) in [6.45, 7) is 15.7. The van der Waals surface area contributed by atoms with Crippen LogP contribution in [0.25, 0.3) is 0 Å². The van der Waals surface area contributed by atoms with Gasteiger partial charge in [0, 0.05) is 20.8 Å². The smallest absolute Gasteiger partial charge is 0.303 e. The maximum atomic E-state index is 14.1. The molecule has 2 aliphatic heterocycles. The van der Waals surface area contributed by atoms with Crippen LogP contribution in [0.4, 0.5) is 0 Å². The van der Waals surface area contributed by atoms with Crippen molar-refractivity contribution in [2.75, 3.05) is 6.61 Å². The monoisotopic (exact) mass is 805 g/mol. The van der Waals surface area contributed by atoms with Crippen LogP contribution in [0.5, 0.6) is 0 Å². The van der Waals surface area contributed by atoms with Gasteiger partial charge in [0.1, 0.15) is 18.8 Å². The van der Waals surface area contributed by atoms with Crippen molar-refractivity contribution in [1.29, 1.82) is 0 Å². The predicted molar refractivity (Wildman–Crippen MR) is 215 cm³/mol. The van der Waals surface area contributed by atoms with Crippen LogP contribution in [0, 0.1) is 52.3 Å². The van der Waals surface area contributed by atoms with Gasteiger partial charge in [-0.25, -0.2) is 0 Å². The molecule has 0 N–H and O–H groups in total. The topological polar surface area (TPSA) is 135 Å². The third-order valence-electron chi connectivity index (χ3n) is 15.9. The van der Waals surface area contributed by atoms with E-state index in [0.717, 1.165) is 60.2 Å². The van der Waals surface area contributed by atoms with Crippen molar-refractivity contribution in [1.82, 2.24) is 4.90 Å². The molecule has 0 spiro atoms. The van der Waals surface area contributed by atoms with E-state index in [0.29, 0.717) is 17.3 Å². The summed E-state index contributed by atoms with van der Waals surface area (Å²) >= 11 is 0. The fourth-order valence-electron chi connectivity index (χ4n) is 13.3. The van der Waals surface area contributed by atoms with E-state index in [1.807, 2.05) is 0 Å². The number of fused-ring (bicyclic) bond motifs is 6. The van der Waals surface area contributed by atoms with Gasteiger partial charge in [0.05, 0.1) is 17.2 Å². The van der Waals surface area contributed by atoms with Crippen LogP contribution >= 0.6 is 0 Å². The minimum absolute atomic E-state index is 0.180. The SMILES string of the molecule is CC(=O)OC[C@H]1O[C@@H](O[C@H]2CC[C@@]3(C)C(CCC4C3CC[C@@]3(C)C4CC[C@@H]3[C@H](C)CCCC(C)C)C2)[C@H](N2C(=O)c3ccccc3C2=O)[C@@H](OC(C)=O)[C@@H]1OC(C)=O. The van der Waals surface area contributed by atoms with Crippen molar-refractivity contribution in [3.05, 3.63) is 35.4 Å². The van der Waals surface area contributed by atoms with E-state index in [-0.39, 0.29) is 29.3 Å². The molecule has 1 aromatic rings. The predicted octanol–water partition coefficient (Wildman–Crippen LogP) is 8.31. The molecule has 5 fully saturated rings. The van der Waals surface area contributed by atoms with Gasteiger partial charge in [0.25, 0.3) is 11.8 Å². The highest BCUT2D eigenvalue weighted by molar-refractivity contribution is 6.21. The summed E-state index contributed by atoms with van der Waals surface area (Å²) < 4.78 is 30.4. The number of hydrogen-bond acceptors (Lipinski definition) is 10. The summed E-state index contributed by atoms with van der Waals surface area (Å²) in [5, 5.41) is 0. The Hall–Kier alpha value is -3.31. The highest BCUT2D eigenvalue weighted by Crippen LogP contribution is 2.68. The minimum atomic E-state index is -1.36. The third-order valence-corrected chi connectivity index (χ3v) is 15.9. The molecule has 11 nitrogen and oxygen atoms in total. The minimum Gasteiger partial charge on any atom is -0.463 e. The van der Waals surface area contributed by atoms with Crippen molar-refractivity contribution in [3.63, 3.8) is 0 Å². The summed E-state index contributed by atoms with van der Waals surface area (Å²) in [7, 11) is 0. The molecule has 1 saturated heterocycles. The Morgan fingerprint density at radius 3 is 2.07 bits per heavy atom. The van der Waals surface area contributed by atoms with Crippen molar-refractivity contribution in [2.45, 2.75) is 169 Å². The lowest BCUT2D eigenvalue weighted by Crippen LogP contribution is -2.68. The molecule has 0 aromatic heterocycles. The molecule has 4 saturated carbocycles. The van der Waals surface area contributed by atoms with Gasteiger partial charge in [-0.2, -0.15) is 0 Å². The number of nitrogens with zero attached hydrogens (tertiary/aromatic N) is 1. The molecular weight excluding hydrogens is 739 g/mol. The van der Waals surface area contributed by atoms with E-state index >= 15 is 0 Å². The normalized spacial score (nSPS) is 38.6. The molecule has 6 aliphatic rings. The number of amides is 2. The number of rotatable bonds is 12. The second kappa shape index (κ2) is 17.0. The average Bonchev–Trinajstić information content (AvgIpc) is 3.64. The summed E-state index contributed by atoms with van der Waals surface area (Å²) in [6, 6.07) is 5.23. The van der Waals surface area contributed by atoms with E-state index in [4.69, 9.17) is 23.7 Å². The Bertz CT molecular complexity index is 1690. The molecule has 320 valence electrons. The second-order valence-electron chi connectivity index (χ2n) is 19.7. The van der Waals surface area contributed by atoms with Crippen molar-refractivity contribution >= 4 is 29.7 Å². The van der Waals surface area contributed by atoms with Crippen LogP contribution in [0.3, 0.4) is 0 Å². The maximum Gasteiger partial charge on any atom is 0.303 e. The molecule has 4 aliphatic carbocycles. The zero-order chi connectivity index (χ0) is 41.7. The van der Waals surface area contributed by atoms with Crippen molar-refractivity contribution < 1.29 is 47.7 Å². The van der Waals surface area contributed by atoms with Crippen LogP contribution in [-0.2, 0) is 38.1 Å².